The van der Waals surface area contributed by atoms with Gasteiger partial charge in [0.1, 0.15) is 24.7 Å². The van der Waals surface area contributed by atoms with Crippen LogP contribution >= 0.6 is 50.9 Å². The molecule has 1 heterocycles. The Hall–Kier alpha value is -2.98. The van der Waals surface area contributed by atoms with Crippen LogP contribution in [0.25, 0.3) is 6.08 Å². The molecule has 1 aliphatic heterocycles. The number of anilines is 1. The third-order valence-electron chi connectivity index (χ3n) is 5.18. The number of hydrogen-bond acceptors (Lipinski definition) is 6. The molecule has 0 spiro atoms. The Balaban J connectivity index is 1.38. The van der Waals surface area contributed by atoms with Gasteiger partial charge in [-0.05, 0) is 93.4 Å². The van der Waals surface area contributed by atoms with Crippen molar-refractivity contribution in [3.63, 3.8) is 0 Å². The second-order valence-corrected chi connectivity index (χ2v) is 10.4. The van der Waals surface area contributed by atoms with Crippen LogP contribution in [0.5, 0.6) is 11.5 Å². The maximum Gasteiger partial charge on any atom is 0.294 e. The van der Waals surface area contributed by atoms with Gasteiger partial charge in [-0.25, -0.2) is 0 Å². The van der Waals surface area contributed by atoms with Gasteiger partial charge >= 0.3 is 0 Å². The van der Waals surface area contributed by atoms with Crippen LogP contribution in [-0.2, 0) is 16.2 Å². The van der Waals surface area contributed by atoms with Crippen molar-refractivity contribution in [2.45, 2.75) is 6.61 Å². The van der Waals surface area contributed by atoms with Gasteiger partial charge in [0, 0.05) is 5.69 Å². The van der Waals surface area contributed by atoms with E-state index < -0.39 is 17.1 Å². The molecular weight excluding hydrogens is 603 g/mol. The first kappa shape index (κ1) is 27.1. The largest absolute Gasteiger partial charge is 0.497 e. The van der Waals surface area contributed by atoms with E-state index in [1.807, 2.05) is 6.07 Å². The van der Waals surface area contributed by atoms with Gasteiger partial charge in [0.05, 0.1) is 26.5 Å². The second-order valence-electron chi connectivity index (χ2n) is 7.77. The number of rotatable bonds is 8. The number of nitrogens with one attached hydrogen (secondary N) is 1. The average molecular weight is 622 g/mol. The molecule has 3 aromatic rings. The fraction of sp³-hybridized carbons (Fsp3) is 0.115. The zero-order chi connectivity index (χ0) is 26.5. The van der Waals surface area contributed by atoms with Crippen molar-refractivity contribution in [3.8, 4) is 11.5 Å². The summed E-state index contributed by atoms with van der Waals surface area (Å²) in [5.41, 5.74) is 2.07. The minimum absolute atomic E-state index is 0.221. The average Bonchev–Trinajstić information content (AvgIpc) is 3.13. The van der Waals surface area contributed by atoms with Crippen LogP contribution in [0.15, 0.2) is 70.0 Å². The van der Waals surface area contributed by atoms with Crippen LogP contribution in [-0.4, -0.2) is 35.6 Å². The number of carbonyl (C=O) groups is 3. The zero-order valence-corrected chi connectivity index (χ0v) is 23.2. The molecular formula is C26H19BrCl2N2O5S. The molecule has 7 nitrogen and oxygen atoms in total. The van der Waals surface area contributed by atoms with E-state index in [-0.39, 0.29) is 18.1 Å². The summed E-state index contributed by atoms with van der Waals surface area (Å²) in [5, 5.41) is 3.07. The smallest absolute Gasteiger partial charge is 0.294 e. The molecule has 0 bridgehead atoms. The van der Waals surface area contributed by atoms with E-state index in [9.17, 15) is 14.4 Å². The van der Waals surface area contributed by atoms with Crippen molar-refractivity contribution in [2.75, 3.05) is 19.0 Å². The predicted octanol–water partition coefficient (Wildman–Crippen LogP) is 7.02. The number of imide groups is 1. The lowest BCUT2D eigenvalue weighted by molar-refractivity contribution is -0.127. The third-order valence-corrected chi connectivity index (χ3v) is 7.45. The number of ether oxygens (including phenoxy) is 2. The first-order valence-electron chi connectivity index (χ1n) is 10.8. The minimum Gasteiger partial charge on any atom is -0.497 e. The van der Waals surface area contributed by atoms with E-state index in [1.54, 1.807) is 67.8 Å². The van der Waals surface area contributed by atoms with Crippen LogP contribution < -0.4 is 14.8 Å². The van der Waals surface area contributed by atoms with E-state index >= 15 is 0 Å². The first-order chi connectivity index (χ1) is 17.7. The lowest BCUT2D eigenvalue weighted by Crippen LogP contribution is -2.36. The number of amides is 3. The maximum atomic E-state index is 12.8. The van der Waals surface area contributed by atoms with Crippen molar-refractivity contribution >= 4 is 79.7 Å². The molecule has 1 fully saturated rings. The molecule has 190 valence electrons. The molecule has 1 aliphatic rings. The Bertz CT molecular complexity index is 1400. The highest BCUT2D eigenvalue weighted by Gasteiger charge is 2.36. The zero-order valence-electron chi connectivity index (χ0n) is 19.3. The normalized spacial score (nSPS) is 14.3. The Kier molecular flexibility index (Phi) is 8.81. The molecule has 0 aromatic heterocycles. The van der Waals surface area contributed by atoms with E-state index in [0.717, 1.165) is 22.2 Å². The second kappa shape index (κ2) is 12.0. The summed E-state index contributed by atoms with van der Waals surface area (Å²) in [5.74, 6) is 0.217. The van der Waals surface area contributed by atoms with Crippen LogP contribution in [0.1, 0.15) is 11.1 Å². The highest BCUT2D eigenvalue weighted by atomic mass is 79.9. The molecule has 0 aliphatic carbocycles. The van der Waals surface area contributed by atoms with E-state index in [4.69, 9.17) is 32.7 Å². The fourth-order valence-electron chi connectivity index (χ4n) is 3.32. The van der Waals surface area contributed by atoms with Crippen molar-refractivity contribution < 1.29 is 23.9 Å². The topological polar surface area (TPSA) is 84.9 Å². The number of thioether (sulfide) groups is 1. The summed E-state index contributed by atoms with van der Waals surface area (Å²) in [6.45, 7) is -0.106. The molecule has 0 radical (unpaired) electrons. The summed E-state index contributed by atoms with van der Waals surface area (Å²) in [4.78, 5) is 38.8. The van der Waals surface area contributed by atoms with Gasteiger partial charge in [-0.15, -0.1) is 0 Å². The van der Waals surface area contributed by atoms with Gasteiger partial charge in [-0.2, -0.15) is 0 Å². The van der Waals surface area contributed by atoms with Crippen LogP contribution in [0.3, 0.4) is 0 Å². The number of halogens is 3. The highest BCUT2D eigenvalue weighted by molar-refractivity contribution is 9.10. The van der Waals surface area contributed by atoms with Crippen molar-refractivity contribution in [1.82, 2.24) is 4.90 Å². The fourth-order valence-corrected chi connectivity index (χ4v) is 4.99. The number of methoxy groups -OCH3 is 1. The SMILES string of the molecule is COc1ccc(NC(=O)CN2C(=O)S/C(=C/c3ccc(OCc4ccc(Cl)c(Cl)c4)c(Br)c3)C2=O)cc1. The van der Waals surface area contributed by atoms with Gasteiger partial charge in [-0.3, -0.25) is 19.3 Å². The molecule has 4 rings (SSSR count). The van der Waals surface area contributed by atoms with E-state index in [2.05, 4.69) is 21.2 Å². The summed E-state index contributed by atoms with van der Waals surface area (Å²) >= 11 is 16.3. The number of carbonyl (C=O) groups excluding carboxylic acids is 3. The Labute approximate surface area is 235 Å². The molecule has 1 N–H and O–H groups in total. The van der Waals surface area contributed by atoms with E-state index in [0.29, 0.717) is 37.3 Å². The van der Waals surface area contributed by atoms with Gasteiger partial charge in [0.25, 0.3) is 11.1 Å². The molecule has 11 heteroatoms. The molecule has 0 atom stereocenters. The van der Waals surface area contributed by atoms with Crippen molar-refractivity contribution in [1.29, 1.82) is 0 Å². The maximum absolute atomic E-state index is 12.8. The van der Waals surface area contributed by atoms with Crippen LogP contribution in [0.2, 0.25) is 10.0 Å². The van der Waals surface area contributed by atoms with Gasteiger partial charge in [-0.1, -0.05) is 35.3 Å². The van der Waals surface area contributed by atoms with Gasteiger partial charge in [0.15, 0.2) is 0 Å². The third kappa shape index (κ3) is 6.87. The molecule has 3 aromatic carbocycles. The van der Waals surface area contributed by atoms with E-state index in [1.165, 1.54) is 0 Å². The summed E-state index contributed by atoms with van der Waals surface area (Å²) in [6.07, 6.45) is 1.60. The summed E-state index contributed by atoms with van der Waals surface area (Å²) < 4.78 is 11.6. The summed E-state index contributed by atoms with van der Waals surface area (Å²) in [6, 6.07) is 17.3. The molecule has 3 amide bonds. The van der Waals surface area contributed by atoms with Crippen molar-refractivity contribution in [2.24, 2.45) is 0 Å². The number of nitrogens with zero attached hydrogens (tertiary/aromatic N) is 1. The lowest BCUT2D eigenvalue weighted by atomic mass is 10.2. The van der Waals surface area contributed by atoms with Gasteiger partial charge < -0.3 is 14.8 Å². The monoisotopic (exact) mass is 620 g/mol. The standard InChI is InChI=1S/C26H19BrCl2N2O5S/c1-35-18-6-4-17(5-7-18)30-24(32)13-31-25(33)23(37-26(31)34)12-15-3-9-22(19(27)10-15)36-14-16-2-8-20(28)21(29)11-16/h2-12H,13-14H2,1H3,(H,30,32)/b23-12+. The van der Waals surface area contributed by atoms with Crippen LogP contribution in [0.4, 0.5) is 10.5 Å². The number of hydrogen-bond donors (Lipinski definition) is 1. The lowest BCUT2D eigenvalue weighted by Gasteiger charge is -2.12. The molecule has 0 unspecified atom stereocenters. The molecule has 1 saturated heterocycles. The predicted molar refractivity (Wildman–Crippen MR) is 149 cm³/mol. The minimum atomic E-state index is -0.532. The molecule has 37 heavy (non-hydrogen) atoms. The van der Waals surface area contributed by atoms with Crippen LogP contribution in [0, 0.1) is 0 Å². The number of benzene rings is 3. The van der Waals surface area contributed by atoms with Crippen molar-refractivity contribution in [3.05, 3.63) is 91.2 Å². The quantitative estimate of drug-likeness (QED) is 0.272. The molecule has 0 saturated carbocycles. The Morgan fingerprint density at radius 2 is 1.81 bits per heavy atom. The first-order valence-corrected chi connectivity index (χ1v) is 13.2. The Morgan fingerprint density at radius 1 is 1.05 bits per heavy atom. The highest BCUT2D eigenvalue weighted by Crippen LogP contribution is 2.34. The Morgan fingerprint density at radius 3 is 2.49 bits per heavy atom. The van der Waals surface area contributed by atoms with Gasteiger partial charge in [0.2, 0.25) is 5.91 Å². The summed E-state index contributed by atoms with van der Waals surface area (Å²) in [7, 11) is 1.54.